The van der Waals surface area contributed by atoms with E-state index in [0.29, 0.717) is 18.7 Å². The maximum absolute atomic E-state index is 13.2. The SMILES string of the molecule is Cc1cc(CNC(=O)NCC(O)CN2CCC(C)CC2)ccc1F. The highest BCUT2D eigenvalue weighted by atomic mass is 19.1. The summed E-state index contributed by atoms with van der Waals surface area (Å²) in [7, 11) is 0. The number of carbonyl (C=O) groups is 1. The van der Waals surface area contributed by atoms with E-state index in [4.69, 9.17) is 0 Å². The lowest BCUT2D eigenvalue weighted by Gasteiger charge is -2.31. The zero-order chi connectivity index (χ0) is 17.5. The van der Waals surface area contributed by atoms with Crippen LogP contribution in [0.2, 0.25) is 0 Å². The van der Waals surface area contributed by atoms with E-state index in [0.717, 1.165) is 37.4 Å². The van der Waals surface area contributed by atoms with Crippen LogP contribution >= 0.6 is 0 Å². The molecular weight excluding hydrogens is 309 g/mol. The summed E-state index contributed by atoms with van der Waals surface area (Å²) in [6.07, 6.45) is 1.76. The lowest BCUT2D eigenvalue weighted by molar-refractivity contribution is 0.0920. The zero-order valence-electron chi connectivity index (χ0n) is 14.5. The normalized spacial score (nSPS) is 17.5. The number of carbonyl (C=O) groups excluding carboxylic acids is 1. The molecule has 1 saturated heterocycles. The zero-order valence-corrected chi connectivity index (χ0v) is 14.5. The Morgan fingerprint density at radius 1 is 1.38 bits per heavy atom. The van der Waals surface area contributed by atoms with Gasteiger partial charge in [-0.05, 0) is 56.0 Å². The Kier molecular flexibility index (Phi) is 6.99. The van der Waals surface area contributed by atoms with Crippen LogP contribution in [0, 0.1) is 18.7 Å². The van der Waals surface area contributed by atoms with Crippen LogP contribution in [0.25, 0.3) is 0 Å². The predicted molar refractivity (Wildman–Crippen MR) is 92.2 cm³/mol. The molecule has 1 aromatic rings. The molecule has 2 rings (SSSR count). The van der Waals surface area contributed by atoms with E-state index in [1.54, 1.807) is 19.1 Å². The molecule has 1 atom stereocenters. The lowest BCUT2D eigenvalue weighted by atomic mass is 9.99. The molecule has 1 unspecified atom stereocenters. The molecule has 2 amide bonds. The summed E-state index contributed by atoms with van der Waals surface area (Å²) in [6, 6.07) is 4.42. The summed E-state index contributed by atoms with van der Waals surface area (Å²) in [5.41, 5.74) is 1.40. The van der Waals surface area contributed by atoms with Gasteiger partial charge in [0.05, 0.1) is 6.10 Å². The van der Waals surface area contributed by atoms with Gasteiger partial charge in [-0.15, -0.1) is 0 Å². The first-order chi connectivity index (χ1) is 11.4. The van der Waals surface area contributed by atoms with Gasteiger partial charge in [-0.2, -0.15) is 0 Å². The third-order valence-corrected chi connectivity index (χ3v) is 4.52. The van der Waals surface area contributed by atoms with Crippen molar-refractivity contribution in [2.45, 2.75) is 39.3 Å². The monoisotopic (exact) mass is 337 g/mol. The van der Waals surface area contributed by atoms with Gasteiger partial charge in [-0.1, -0.05) is 19.1 Å². The summed E-state index contributed by atoms with van der Waals surface area (Å²) in [5, 5.41) is 15.4. The molecule has 24 heavy (non-hydrogen) atoms. The number of aliphatic hydroxyl groups excluding tert-OH is 1. The van der Waals surface area contributed by atoms with Crippen molar-refractivity contribution in [2.75, 3.05) is 26.2 Å². The Labute approximate surface area is 143 Å². The van der Waals surface area contributed by atoms with Crippen molar-refractivity contribution < 1.29 is 14.3 Å². The number of hydrogen-bond acceptors (Lipinski definition) is 3. The molecule has 0 radical (unpaired) electrons. The highest BCUT2D eigenvalue weighted by Crippen LogP contribution is 2.15. The second-order valence-corrected chi connectivity index (χ2v) is 6.78. The molecule has 3 N–H and O–H groups in total. The number of aryl methyl sites for hydroxylation is 1. The van der Waals surface area contributed by atoms with Crippen molar-refractivity contribution in [3.05, 3.63) is 35.1 Å². The van der Waals surface area contributed by atoms with Crippen molar-refractivity contribution in [2.24, 2.45) is 5.92 Å². The number of nitrogens with one attached hydrogen (secondary N) is 2. The number of aliphatic hydroxyl groups is 1. The van der Waals surface area contributed by atoms with Crippen LogP contribution in [-0.4, -0.2) is 48.3 Å². The minimum atomic E-state index is -0.572. The van der Waals surface area contributed by atoms with Gasteiger partial charge in [0.25, 0.3) is 0 Å². The average molecular weight is 337 g/mol. The fourth-order valence-corrected chi connectivity index (χ4v) is 2.88. The molecule has 5 nitrogen and oxygen atoms in total. The maximum Gasteiger partial charge on any atom is 0.315 e. The van der Waals surface area contributed by atoms with Crippen molar-refractivity contribution >= 4 is 6.03 Å². The second-order valence-electron chi connectivity index (χ2n) is 6.78. The number of amides is 2. The molecular formula is C18H28FN3O2. The number of nitrogens with zero attached hydrogens (tertiary/aromatic N) is 1. The fraction of sp³-hybridized carbons (Fsp3) is 0.611. The first-order valence-electron chi connectivity index (χ1n) is 8.61. The van der Waals surface area contributed by atoms with E-state index in [9.17, 15) is 14.3 Å². The predicted octanol–water partition coefficient (Wildman–Crippen LogP) is 2.03. The minimum Gasteiger partial charge on any atom is -0.390 e. The van der Waals surface area contributed by atoms with Gasteiger partial charge in [-0.25, -0.2) is 9.18 Å². The Morgan fingerprint density at radius 2 is 2.08 bits per heavy atom. The standard InChI is InChI=1S/C18H28FN3O2/c1-13-5-7-22(8-6-13)12-16(23)11-21-18(24)20-10-15-3-4-17(19)14(2)9-15/h3-4,9,13,16,23H,5-8,10-12H2,1-2H3,(H2,20,21,24). The number of likely N-dealkylation sites (tertiary alicyclic amines) is 1. The third-order valence-electron chi connectivity index (χ3n) is 4.52. The van der Waals surface area contributed by atoms with Crippen molar-refractivity contribution in [1.29, 1.82) is 0 Å². The van der Waals surface area contributed by atoms with E-state index in [-0.39, 0.29) is 18.4 Å². The first kappa shape index (κ1) is 18.7. The minimum absolute atomic E-state index is 0.223. The molecule has 0 bridgehead atoms. The number of piperidine rings is 1. The highest BCUT2D eigenvalue weighted by Gasteiger charge is 2.18. The van der Waals surface area contributed by atoms with Gasteiger partial charge >= 0.3 is 6.03 Å². The van der Waals surface area contributed by atoms with Gasteiger partial charge in [0.1, 0.15) is 5.82 Å². The van der Waals surface area contributed by atoms with Crippen LogP contribution in [-0.2, 0) is 6.54 Å². The smallest absolute Gasteiger partial charge is 0.315 e. The lowest BCUT2D eigenvalue weighted by Crippen LogP contribution is -2.45. The van der Waals surface area contributed by atoms with Gasteiger partial charge in [-0.3, -0.25) is 0 Å². The Morgan fingerprint density at radius 3 is 2.75 bits per heavy atom. The van der Waals surface area contributed by atoms with Gasteiger partial charge in [0.2, 0.25) is 0 Å². The highest BCUT2D eigenvalue weighted by molar-refractivity contribution is 5.73. The van der Waals surface area contributed by atoms with Crippen LogP contribution in [0.4, 0.5) is 9.18 Å². The summed E-state index contributed by atoms with van der Waals surface area (Å²) in [6.45, 7) is 7.10. The van der Waals surface area contributed by atoms with Gasteiger partial charge in [0, 0.05) is 19.6 Å². The van der Waals surface area contributed by atoms with Crippen molar-refractivity contribution in [3.8, 4) is 0 Å². The van der Waals surface area contributed by atoms with Crippen LogP contribution < -0.4 is 10.6 Å². The molecule has 6 heteroatoms. The summed E-state index contributed by atoms with van der Waals surface area (Å²) < 4.78 is 13.2. The molecule has 1 fully saturated rings. The number of urea groups is 1. The molecule has 134 valence electrons. The number of rotatable bonds is 6. The molecule has 0 aromatic heterocycles. The van der Waals surface area contributed by atoms with E-state index in [1.165, 1.54) is 6.07 Å². The van der Waals surface area contributed by atoms with E-state index >= 15 is 0 Å². The van der Waals surface area contributed by atoms with Crippen LogP contribution in [0.5, 0.6) is 0 Å². The van der Waals surface area contributed by atoms with Gasteiger partial charge in [0.15, 0.2) is 0 Å². The number of hydrogen-bond donors (Lipinski definition) is 3. The third kappa shape index (κ3) is 6.09. The Balaban J connectivity index is 1.64. The van der Waals surface area contributed by atoms with E-state index in [1.807, 2.05) is 0 Å². The van der Waals surface area contributed by atoms with Crippen LogP contribution in [0.1, 0.15) is 30.9 Å². The van der Waals surface area contributed by atoms with E-state index < -0.39 is 6.10 Å². The van der Waals surface area contributed by atoms with Crippen molar-refractivity contribution in [3.63, 3.8) is 0 Å². The second kappa shape index (κ2) is 8.99. The van der Waals surface area contributed by atoms with Crippen molar-refractivity contribution in [1.82, 2.24) is 15.5 Å². The molecule has 0 saturated carbocycles. The fourth-order valence-electron chi connectivity index (χ4n) is 2.88. The number of halogens is 1. The van der Waals surface area contributed by atoms with Crippen LogP contribution in [0.15, 0.2) is 18.2 Å². The topological polar surface area (TPSA) is 64.6 Å². The number of β-amino-alcohol motifs (C(OH)–C–C–N with tert-alkyl or cyclic N) is 1. The molecule has 0 spiro atoms. The van der Waals surface area contributed by atoms with Crippen LogP contribution in [0.3, 0.4) is 0 Å². The Hall–Kier alpha value is -1.66. The molecule has 1 aromatic carbocycles. The van der Waals surface area contributed by atoms with E-state index in [2.05, 4.69) is 22.5 Å². The summed E-state index contributed by atoms with van der Waals surface area (Å²) in [4.78, 5) is 14.0. The molecule has 1 aliphatic heterocycles. The largest absolute Gasteiger partial charge is 0.390 e. The molecule has 1 aliphatic rings. The number of benzene rings is 1. The van der Waals surface area contributed by atoms with Gasteiger partial charge < -0.3 is 20.6 Å². The first-order valence-corrected chi connectivity index (χ1v) is 8.61. The summed E-state index contributed by atoms with van der Waals surface area (Å²) >= 11 is 0. The molecule has 0 aliphatic carbocycles. The average Bonchev–Trinajstić information content (AvgIpc) is 2.56. The molecule has 1 heterocycles. The Bertz CT molecular complexity index is 545. The maximum atomic E-state index is 13.2. The summed E-state index contributed by atoms with van der Waals surface area (Å²) in [5.74, 6) is 0.510. The quantitative estimate of drug-likeness (QED) is 0.744.